The monoisotopic (exact) mass is 442 g/mol. The van der Waals surface area contributed by atoms with Gasteiger partial charge in [0.15, 0.2) is 17.5 Å². The van der Waals surface area contributed by atoms with E-state index in [1.807, 2.05) is 0 Å². The van der Waals surface area contributed by atoms with E-state index < -0.39 is 18.5 Å². The second kappa shape index (κ2) is 10.7. The van der Waals surface area contributed by atoms with Crippen LogP contribution in [0.5, 0.6) is 0 Å². The number of nitrogens with one attached hydrogen (secondary N) is 1. The largest absolute Gasteiger partial charge is 0.451 e. The van der Waals surface area contributed by atoms with E-state index in [9.17, 15) is 14.4 Å². The van der Waals surface area contributed by atoms with Crippen LogP contribution in [-0.4, -0.2) is 33.2 Å². The number of hydrogen-bond donors (Lipinski definition) is 1. The van der Waals surface area contributed by atoms with Gasteiger partial charge in [-0.1, -0.05) is 56.0 Å². The van der Waals surface area contributed by atoms with Crippen molar-refractivity contribution < 1.29 is 14.3 Å². The second-order valence-electron chi connectivity index (χ2n) is 6.95. The maximum atomic E-state index is 12.7. The van der Waals surface area contributed by atoms with E-state index in [1.54, 1.807) is 36.4 Å². The maximum Gasteiger partial charge on any atom is 0.359 e. The van der Waals surface area contributed by atoms with Crippen LogP contribution in [0.4, 0.5) is 5.69 Å². The molecule has 1 aromatic carbocycles. The van der Waals surface area contributed by atoms with E-state index in [1.165, 1.54) is 10.9 Å². The predicted molar refractivity (Wildman–Crippen MR) is 118 cm³/mol. The minimum atomic E-state index is -0.786. The lowest BCUT2D eigenvalue weighted by atomic mass is 10.1. The van der Waals surface area contributed by atoms with E-state index in [2.05, 4.69) is 22.3 Å². The third kappa shape index (κ3) is 5.67. The van der Waals surface area contributed by atoms with Crippen LogP contribution in [0.3, 0.4) is 0 Å². The molecule has 162 valence electrons. The van der Waals surface area contributed by atoms with E-state index in [0.717, 1.165) is 25.7 Å². The van der Waals surface area contributed by atoms with Crippen molar-refractivity contribution in [2.45, 2.75) is 39.2 Å². The van der Waals surface area contributed by atoms with Crippen LogP contribution in [0.25, 0.3) is 10.8 Å². The Labute approximate surface area is 184 Å². The number of halogens is 1. The van der Waals surface area contributed by atoms with Gasteiger partial charge in [0.1, 0.15) is 0 Å². The minimum absolute atomic E-state index is 0.00194. The molecule has 0 unspecified atom stereocenters. The van der Waals surface area contributed by atoms with Crippen LogP contribution < -0.4 is 10.9 Å². The van der Waals surface area contributed by atoms with Gasteiger partial charge in [-0.3, -0.25) is 9.59 Å². The zero-order valence-corrected chi connectivity index (χ0v) is 17.9. The highest BCUT2D eigenvalue weighted by atomic mass is 35.5. The Morgan fingerprint density at radius 2 is 1.87 bits per heavy atom. The third-order valence-electron chi connectivity index (χ3n) is 4.65. The predicted octanol–water partition coefficient (Wildman–Crippen LogP) is 3.82. The number of ether oxygens (including phenoxy) is 1. The number of esters is 1. The summed E-state index contributed by atoms with van der Waals surface area (Å²) in [6.07, 6.45) is 5.37. The Morgan fingerprint density at radius 3 is 2.61 bits per heavy atom. The first-order valence-electron chi connectivity index (χ1n) is 10.1. The molecule has 0 aliphatic carbocycles. The van der Waals surface area contributed by atoms with Gasteiger partial charge in [0.2, 0.25) is 0 Å². The molecule has 0 spiro atoms. The summed E-state index contributed by atoms with van der Waals surface area (Å²) < 4.78 is 6.45. The lowest BCUT2D eigenvalue weighted by molar-refractivity contribution is -0.119. The third-order valence-corrected chi connectivity index (χ3v) is 4.95. The van der Waals surface area contributed by atoms with E-state index in [4.69, 9.17) is 16.3 Å². The lowest BCUT2D eigenvalue weighted by Crippen LogP contribution is -2.28. The van der Waals surface area contributed by atoms with Crippen LogP contribution >= 0.6 is 11.6 Å². The SMILES string of the molecule is CCCCCCn1nc(C(=O)OCC(=O)Nc2cccnc2Cl)c2ccccc2c1=O. The molecule has 0 fully saturated rings. The highest BCUT2D eigenvalue weighted by Crippen LogP contribution is 2.18. The van der Waals surface area contributed by atoms with E-state index >= 15 is 0 Å². The summed E-state index contributed by atoms with van der Waals surface area (Å²) in [4.78, 5) is 41.4. The molecule has 0 saturated carbocycles. The van der Waals surface area contributed by atoms with Gasteiger partial charge in [-0.25, -0.2) is 14.5 Å². The molecule has 2 heterocycles. The van der Waals surface area contributed by atoms with Crippen molar-refractivity contribution in [3.8, 4) is 0 Å². The van der Waals surface area contributed by atoms with Gasteiger partial charge in [0, 0.05) is 18.1 Å². The van der Waals surface area contributed by atoms with E-state index in [0.29, 0.717) is 23.0 Å². The fraction of sp³-hybridized carbons (Fsp3) is 0.318. The summed E-state index contributed by atoms with van der Waals surface area (Å²) in [6, 6.07) is 9.92. The molecular formula is C22H23ClN4O4. The molecule has 0 atom stereocenters. The average Bonchev–Trinajstić information content (AvgIpc) is 2.78. The van der Waals surface area contributed by atoms with Gasteiger partial charge in [-0.15, -0.1) is 0 Å². The number of carbonyl (C=O) groups excluding carboxylic acids is 2. The maximum absolute atomic E-state index is 12.7. The van der Waals surface area contributed by atoms with Crippen LogP contribution in [-0.2, 0) is 16.1 Å². The Morgan fingerprint density at radius 1 is 1.10 bits per heavy atom. The molecule has 0 bridgehead atoms. The number of carbonyl (C=O) groups is 2. The first-order chi connectivity index (χ1) is 15.0. The number of fused-ring (bicyclic) bond motifs is 1. The summed E-state index contributed by atoms with van der Waals surface area (Å²) in [5.74, 6) is -1.36. The lowest BCUT2D eigenvalue weighted by Gasteiger charge is -2.11. The summed E-state index contributed by atoms with van der Waals surface area (Å²) in [7, 11) is 0. The average molecular weight is 443 g/mol. The number of amides is 1. The summed E-state index contributed by atoms with van der Waals surface area (Å²) in [6.45, 7) is 1.98. The zero-order valence-electron chi connectivity index (χ0n) is 17.1. The number of anilines is 1. The van der Waals surface area contributed by atoms with Crippen molar-refractivity contribution in [2.24, 2.45) is 0 Å². The van der Waals surface area contributed by atoms with Gasteiger partial charge in [-0.2, -0.15) is 5.10 Å². The van der Waals surface area contributed by atoms with Crippen molar-refractivity contribution in [3.63, 3.8) is 0 Å². The minimum Gasteiger partial charge on any atom is -0.451 e. The first kappa shape index (κ1) is 22.4. The molecule has 2 aromatic heterocycles. The normalized spacial score (nSPS) is 10.8. The first-order valence-corrected chi connectivity index (χ1v) is 10.5. The van der Waals surface area contributed by atoms with Crippen LogP contribution in [0.1, 0.15) is 43.1 Å². The number of aryl methyl sites for hydroxylation is 1. The Hall–Kier alpha value is -3.26. The zero-order chi connectivity index (χ0) is 22.2. The second-order valence-corrected chi connectivity index (χ2v) is 7.31. The quantitative estimate of drug-likeness (QED) is 0.307. The molecule has 3 aromatic rings. The number of hydrogen-bond acceptors (Lipinski definition) is 6. The Balaban J connectivity index is 1.76. The number of aromatic nitrogens is 3. The molecule has 0 aliphatic heterocycles. The molecular weight excluding hydrogens is 420 g/mol. The molecule has 3 rings (SSSR count). The standard InChI is InChI=1S/C22H23ClN4O4/c1-2-3-4-7-13-27-21(29)16-10-6-5-9-15(16)19(26-27)22(30)31-14-18(28)25-17-11-8-12-24-20(17)23/h5-6,8-12H,2-4,7,13-14H2,1H3,(H,25,28). The number of nitrogens with zero attached hydrogens (tertiary/aromatic N) is 3. The highest BCUT2D eigenvalue weighted by molar-refractivity contribution is 6.32. The fourth-order valence-corrected chi connectivity index (χ4v) is 3.26. The van der Waals surface area contributed by atoms with Gasteiger partial charge in [-0.05, 0) is 24.6 Å². The summed E-state index contributed by atoms with van der Waals surface area (Å²) in [5, 5.41) is 7.67. The van der Waals surface area contributed by atoms with Crippen LogP contribution in [0.15, 0.2) is 47.4 Å². The van der Waals surface area contributed by atoms with Crippen LogP contribution in [0.2, 0.25) is 5.15 Å². The topological polar surface area (TPSA) is 103 Å². The van der Waals surface area contributed by atoms with Crippen molar-refractivity contribution in [1.82, 2.24) is 14.8 Å². The van der Waals surface area contributed by atoms with Crippen LogP contribution in [0, 0.1) is 0 Å². The van der Waals surface area contributed by atoms with E-state index in [-0.39, 0.29) is 16.4 Å². The molecule has 1 amide bonds. The van der Waals surface area contributed by atoms with Gasteiger partial charge in [0.05, 0.1) is 11.1 Å². The Kier molecular flexibility index (Phi) is 7.72. The smallest absolute Gasteiger partial charge is 0.359 e. The number of rotatable bonds is 9. The number of pyridine rings is 1. The van der Waals surface area contributed by atoms with Gasteiger partial charge < -0.3 is 10.1 Å². The highest BCUT2D eigenvalue weighted by Gasteiger charge is 2.19. The number of unbranched alkanes of at least 4 members (excludes halogenated alkanes) is 3. The fourth-order valence-electron chi connectivity index (χ4n) is 3.09. The molecule has 31 heavy (non-hydrogen) atoms. The van der Waals surface area contributed by atoms with Crippen molar-refractivity contribution in [2.75, 3.05) is 11.9 Å². The number of benzene rings is 1. The van der Waals surface area contributed by atoms with Gasteiger partial charge >= 0.3 is 5.97 Å². The molecule has 0 radical (unpaired) electrons. The molecule has 8 nitrogen and oxygen atoms in total. The van der Waals surface area contributed by atoms with Gasteiger partial charge in [0.25, 0.3) is 11.5 Å². The summed E-state index contributed by atoms with van der Waals surface area (Å²) in [5.41, 5.74) is 0.0555. The van der Waals surface area contributed by atoms with Crippen molar-refractivity contribution in [1.29, 1.82) is 0 Å². The molecule has 0 saturated heterocycles. The van der Waals surface area contributed by atoms with Crippen molar-refractivity contribution in [3.05, 3.63) is 63.8 Å². The molecule has 0 aliphatic rings. The molecule has 9 heteroatoms. The molecule has 1 N–H and O–H groups in total. The van der Waals surface area contributed by atoms with Crippen molar-refractivity contribution >= 4 is 39.9 Å². The Bertz CT molecular complexity index is 1150. The summed E-state index contributed by atoms with van der Waals surface area (Å²) >= 11 is 5.91.